The van der Waals surface area contributed by atoms with Crippen molar-refractivity contribution in [3.05, 3.63) is 150 Å². The zero-order valence-corrected chi connectivity index (χ0v) is 43.8. The number of aryl methyl sites for hydroxylation is 3. The van der Waals surface area contributed by atoms with Gasteiger partial charge in [-0.15, -0.1) is 0 Å². The summed E-state index contributed by atoms with van der Waals surface area (Å²) >= 11 is 5.26. The van der Waals surface area contributed by atoms with Gasteiger partial charge < -0.3 is 70.7 Å². The molecule has 1 aromatic carbocycles. The van der Waals surface area contributed by atoms with Gasteiger partial charge in [0.25, 0.3) is 34.7 Å². The normalized spacial score (nSPS) is 12.5. The molecule has 410 valence electrons. The van der Waals surface area contributed by atoms with Gasteiger partial charge in [-0.3, -0.25) is 43.4 Å². The summed E-state index contributed by atoms with van der Waals surface area (Å²) in [6, 6.07) is 11.4. The van der Waals surface area contributed by atoms with Gasteiger partial charge in [0.2, 0.25) is 0 Å². The first-order chi connectivity index (χ1) is 36.6. The number of carbonyl (C=O) groups excluding carboxylic acids is 5. The zero-order chi connectivity index (χ0) is 56.5. The maximum atomic E-state index is 13.4. The number of carbonyl (C=O) groups is 5. The van der Waals surface area contributed by atoms with Gasteiger partial charge in [0.1, 0.15) is 4.64 Å². The van der Waals surface area contributed by atoms with Crippen molar-refractivity contribution >= 4 is 53.4 Å². The minimum absolute atomic E-state index is 0.00810. The third kappa shape index (κ3) is 16.4. The molecule has 0 bridgehead atoms. The van der Waals surface area contributed by atoms with Crippen LogP contribution in [0.5, 0.6) is 17.2 Å². The van der Waals surface area contributed by atoms with Gasteiger partial charge in [0, 0.05) is 130 Å². The molecule has 4 aromatic rings. The summed E-state index contributed by atoms with van der Waals surface area (Å²) < 4.78 is 3.77. The second-order valence-electron chi connectivity index (χ2n) is 18.1. The fraction of sp³-hybridized carbons (Fsp3) is 0.346. The van der Waals surface area contributed by atoms with Crippen LogP contribution in [0.2, 0.25) is 0 Å². The van der Waals surface area contributed by atoms with E-state index >= 15 is 0 Å². The molecule has 0 spiro atoms. The number of benzene rings is 1. The Labute approximate surface area is 447 Å². The molecule has 0 saturated carbocycles. The Morgan fingerprint density at radius 1 is 0.649 bits per heavy atom. The quantitative estimate of drug-likeness (QED) is 0.0296. The Hall–Kier alpha value is -8.77. The van der Waals surface area contributed by atoms with E-state index in [1.54, 1.807) is 19.2 Å². The van der Waals surface area contributed by atoms with E-state index in [1.807, 2.05) is 34.1 Å². The smallest absolute Gasteiger partial charge is 0.303 e. The number of likely N-dealkylation sites (N-methyl/N-ethyl adjacent to an activating group) is 1. The van der Waals surface area contributed by atoms with Gasteiger partial charge in [0.15, 0.2) is 34.6 Å². The van der Waals surface area contributed by atoms with Crippen molar-refractivity contribution in [1.29, 1.82) is 0 Å². The first-order valence-electron chi connectivity index (χ1n) is 24.2. The number of carboxylic acid groups (broad SMARTS) is 1. The van der Waals surface area contributed by atoms with E-state index in [4.69, 9.17) is 17.3 Å². The Bertz CT molecular complexity index is 3090. The lowest BCUT2D eigenvalue weighted by atomic mass is 9.97. The largest absolute Gasteiger partial charge is 0.504 e. The number of aliphatic carboxylic acids is 1. The fourth-order valence-electron chi connectivity index (χ4n) is 8.11. The van der Waals surface area contributed by atoms with Crippen LogP contribution in [0.1, 0.15) is 49.5 Å². The van der Waals surface area contributed by atoms with Gasteiger partial charge >= 0.3 is 5.97 Å². The van der Waals surface area contributed by atoms with E-state index in [0.29, 0.717) is 17.8 Å². The minimum atomic E-state index is -0.968. The number of anilines is 1. The predicted octanol–water partition coefficient (Wildman–Crippen LogP) is 1.21. The molecule has 4 amide bonds. The summed E-state index contributed by atoms with van der Waals surface area (Å²) in [5, 5.41) is 65.7. The molecule has 1 aliphatic heterocycles. The average Bonchev–Trinajstić information content (AvgIpc) is 3.38. The summed E-state index contributed by atoms with van der Waals surface area (Å²) in [6.07, 6.45) is 7.48. The Morgan fingerprint density at radius 3 is 1.55 bits per heavy atom. The molecule has 25 heteroatoms. The number of nitrogens with zero attached hydrogens (tertiary/aromatic N) is 6. The molecule has 0 fully saturated rings. The van der Waals surface area contributed by atoms with Crippen LogP contribution in [0.4, 0.5) is 5.69 Å². The monoisotopic (exact) mass is 1080 g/mol. The molecule has 1 atom stereocenters. The molecule has 5 rings (SSSR count). The second-order valence-corrected chi connectivity index (χ2v) is 18.5. The van der Waals surface area contributed by atoms with Crippen molar-refractivity contribution in [1.82, 2.24) is 49.7 Å². The molecule has 77 heavy (non-hydrogen) atoms. The molecule has 0 radical (unpaired) electrons. The fourth-order valence-corrected chi connectivity index (χ4v) is 8.28. The summed E-state index contributed by atoms with van der Waals surface area (Å²) in [6.45, 7) is 5.14. The highest BCUT2D eigenvalue weighted by Crippen LogP contribution is 2.22. The highest BCUT2D eigenvalue weighted by molar-refractivity contribution is 7.71. The number of nitrogens with one attached hydrogen (secondary N) is 5. The maximum absolute atomic E-state index is 13.4. The van der Waals surface area contributed by atoms with Crippen LogP contribution in [0.15, 0.2) is 112 Å². The molecule has 10 N–H and O–H groups in total. The van der Waals surface area contributed by atoms with Gasteiger partial charge in [-0.2, -0.15) is 0 Å². The van der Waals surface area contributed by atoms with Crippen LogP contribution in [-0.2, 0) is 41.9 Å². The number of carboxylic acids is 1. The van der Waals surface area contributed by atoms with Crippen molar-refractivity contribution in [3.63, 3.8) is 0 Å². The summed E-state index contributed by atoms with van der Waals surface area (Å²) in [4.78, 5) is 106. The zero-order valence-electron chi connectivity index (χ0n) is 43.0. The van der Waals surface area contributed by atoms with E-state index in [1.165, 1.54) is 73.5 Å². The molecule has 0 saturated heterocycles. The number of aliphatic hydroxyl groups is 1. The molecule has 0 aliphatic carbocycles. The number of hydrogen-bond donors (Lipinski definition) is 10. The summed E-state index contributed by atoms with van der Waals surface area (Å²) in [7, 11) is 5.97. The van der Waals surface area contributed by atoms with E-state index in [-0.39, 0.29) is 123 Å². The Kier molecular flexibility index (Phi) is 21.2. The molecule has 1 aliphatic rings. The van der Waals surface area contributed by atoms with Crippen LogP contribution in [0.3, 0.4) is 0 Å². The van der Waals surface area contributed by atoms with Crippen molar-refractivity contribution in [2.45, 2.75) is 19.3 Å². The Balaban J connectivity index is 1.45. The Morgan fingerprint density at radius 2 is 1.09 bits per heavy atom. The van der Waals surface area contributed by atoms with Gasteiger partial charge in [-0.05, 0) is 60.7 Å². The van der Waals surface area contributed by atoms with Crippen LogP contribution >= 0.6 is 12.2 Å². The number of aliphatic hydroxyl groups excluding tert-OH is 1. The first kappa shape index (κ1) is 59.1. The maximum Gasteiger partial charge on any atom is 0.303 e. The van der Waals surface area contributed by atoms with Gasteiger partial charge in [-0.25, -0.2) is 4.79 Å². The third-order valence-electron chi connectivity index (χ3n) is 12.4. The van der Waals surface area contributed by atoms with E-state index < -0.39 is 58.0 Å². The lowest BCUT2D eigenvalue weighted by molar-refractivity contribution is -0.137. The average molecular weight is 1080 g/mol. The number of pyridine rings is 3. The number of hydrogen-bond acceptors (Lipinski definition) is 17. The standard InChI is InChI=1S/C52H63N11O13S/c1-32(6-11-41(65)66)57-35-9-7-33(8-10-35)28-34(30-63(25-17-54-47(72)37-13-21-59(3)50(75)43(37)68)26-18-55-48(73)38-14-22-60(4)51(76)44(38)69)29-62(27-19-56-49(74)39-15-23-61(5)52(77)45(39)70)24-16-53-46(71)36-12-20-58(2)40(31-64)42(36)67/h7-10,12-15,20-23,34,57,67-70H,1,6,11,16-19,24-30H2,2-5H3,(H,53,71)(H,54,72)(H,55,73)(H,56,74)(H,65,66). The van der Waals surface area contributed by atoms with Crippen molar-refractivity contribution in [2.75, 3.05) is 77.8 Å². The number of amides is 4. The second kappa shape index (κ2) is 27.7. The lowest BCUT2D eigenvalue weighted by Crippen LogP contribution is -2.46. The SMILES string of the molecule is C=C(CCC(=O)O)Nc1ccc(CC(CN(CCNC(=O)c2ccn(C)c(=O)c2O)CCNC(=O)c2ccn(C)c(=O)c2O)CN(CCNC(=O)C2=C(O)C(=C=O)N(C)C=C2)CCNC(=O)c2ccn(C)c(=S)c2O)cc1. The highest BCUT2D eigenvalue weighted by atomic mass is 32.1. The van der Waals surface area contributed by atoms with E-state index in [0.717, 1.165) is 14.7 Å². The number of allylic oxidation sites excluding steroid dienone is 1. The number of rotatable bonds is 27. The highest BCUT2D eigenvalue weighted by Gasteiger charge is 2.25. The molecule has 24 nitrogen and oxygen atoms in total. The molecule has 3 aromatic heterocycles. The van der Waals surface area contributed by atoms with Crippen molar-refractivity contribution in [3.8, 4) is 17.2 Å². The summed E-state index contributed by atoms with van der Waals surface area (Å²) in [5.41, 5.74) is -0.452. The van der Waals surface area contributed by atoms with Crippen molar-refractivity contribution in [2.24, 2.45) is 27.1 Å². The first-order valence-corrected chi connectivity index (χ1v) is 24.6. The molecular weight excluding hydrogens is 1020 g/mol. The van der Waals surface area contributed by atoms with E-state index in [9.17, 15) is 58.8 Å². The van der Waals surface area contributed by atoms with Crippen LogP contribution in [-0.4, -0.2) is 162 Å². The molecule has 4 heterocycles. The van der Waals surface area contributed by atoms with Crippen LogP contribution < -0.4 is 37.7 Å². The van der Waals surface area contributed by atoms with Crippen LogP contribution in [0, 0.1) is 10.6 Å². The van der Waals surface area contributed by atoms with Crippen LogP contribution in [0.25, 0.3) is 0 Å². The molecule has 1 unspecified atom stereocenters. The predicted molar refractivity (Wildman–Crippen MR) is 287 cm³/mol. The third-order valence-corrected chi connectivity index (χ3v) is 12.9. The number of aromatic nitrogens is 3. The van der Waals surface area contributed by atoms with Crippen molar-refractivity contribution < 1.29 is 54.3 Å². The topological polar surface area (TPSA) is 322 Å². The minimum Gasteiger partial charge on any atom is -0.504 e. The van der Waals surface area contributed by atoms with Gasteiger partial charge in [-0.1, -0.05) is 30.9 Å². The van der Waals surface area contributed by atoms with E-state index in [2.05, 4.69) is 33.2 Å². The number of aromatic hydroxyl groups is 3. The van der Waals surface area contributed by atoms with Gasteiger partial charge in [0.05, 0.1) is 28.7 Å². The lowest BCUT2D eigenvalue weighted by Gasteiger charge is -2.32. The summed E-state index contributed by atoms with van der Waals surface area (Å²) in [5.74, 6) is -4.79. The molecular formula is C52H63N11O13S.